The van der Waals surface area contributed by atoms with E-state index in [9.17, 15) is 17.6 Å². The first-order chi connectivity index (χ1) is 14.8. The average Bonchev–Trinajstić information content (AvgIpc) is 2.98. The van der Waals surface area contributed by atoms with Crippen LogP contribution in [0.5, 0.6) is 11.5 Å². The molecule has 0 radical (unpaired) electrons. The van der Waals surface area contributed by atoms with Crippen molar-refractivity contribution in [3.8, 4) is 11.5 Å². The standard InChI is InChI=1S/C21H24ClFN2O5S/c1-25(14-16-17(22)5-2-6-18(16)23)21(26)7-3-10-24-31(27,28)15-8-9-19-20(13-15)30-12-4-11-29-19/h2,5-6,8-9,13,24H,3-4,7,10-12,14H2,1H3. The number of amides is 1. The number of sulfonamides is 1. The summed E-state index contributed by atoms with van der Waals surface area (Å²) >= 11 is 6.00. The van der Waals surface area contributed by atoms with Gasteiger partial charge in [0.25, 0.3) is 0 Å². The van der Waals surface area contributed by atoms with Gasteiger partial charge < -0.3 is 14.4 Å². The molecule has 168 valence electrons. The molecule has 1 N–H and O–H groups in total. The lowest BCUT2D eigenvalue weighted by Gasteiger charge is -2.18. The van der Waals surface area contributed by atoms with Crippen molar-refractivity contribution in [2.24, 2.45) is 0 Å². The van der Waals surface area contributed by atoms with Gasteiger partial charge in [0.2, 0.25) is 15.9 Å². The van der Waals surface area contributed by atoms with Crippen molar-refractivity contribution in [1.29, 1.82) is 0 Å². The number of nitrogens with zero attached hydrogens (tertiary/aromatic N) is 1. The fraction of sp³-hybridized carbons (Fsp3) is 0.381. The first-order valence-corrected chi connectivity index (χ1v) is 11.7. The maximum atomic E-state index is 13.9. The topological polar surface area (TPSA) is 84.9 Å². The van der Waals surface area contributed by atoms with Gasteiger partial charge in [0.1, 0.15) is 5.82 Å². The SMILES string of the molecule is CN(Cc1c(F)cccc1Cl)C(=O)CCCNS(=O)(=O)c1ccc2c(c1)OCCCO2. The molecule has 0 atom stereocenters. The highest BCUT2D eigenvalue weighted by molar-refractivity contribution is 7.89. The average molecular weight is 471 g/mol. The Morgan fingerprint density at radius 2 is 1.94 bits per heavy atom. The van der Waals surface area contributed by atoms with Gasteiger partial charge >= 0.3 is 0 Å². The summed E-state index contributed by atoms with van der Waals surface area (Å²) in [5, 5.41) is 0.252. The first kappa shape index (κ1) is 23.3. The molecule has 0 bridgehead atoms. The number of fused-ring (bicyclic) bond motifs is 1. The van der Waals surface area contributed by atoms with Crippen LogP contribution in [0.2, 0.25) is 5.02 Å². The van der Waals surface area contributed by atoms with E-state index in [1.165, 1.54) is 29.2 Å². The maximum Gasteiger partial charge on any atom is 0.240 e. The Labute approximate surface area is 186 Å². The highest BCUT2D eigenvalue weighted by Crippen LogP contribution is 2.31. The van der Waals surface area contributed by atoms with Crippen molar-refractivity contribution in [3.05, 3.63) is 52.8 Å². The fourth-order valence-electron chi connectivity index (χ4n) is 3.04. The summed E-state index contributed by atoms with van der Waals surface area (Å²) in [6.45, 7) is 1.09. The summed E-state index contributed by atoms with van der Waals surface area (Å²) in [4.78, 5) is 13.7. The van der Waals surface area contributed by atoms with Gasteiger partial charge in [-0.05, 0) is 30.7 Å². The molecule has 0 saturated heterocycles. The highest BCUT2D eigenvalue weighted by Gasteiger charge is 2.19. The second-order valence-electron chi connectivity index (χ2n) is 7.11. The molecule has 0 saturated carbocycles. The first-order valence-electron chi connectivity index (χ1n) is 9.84. The third-order valence-corrected chi connectivity index (χ3v) is 6.58. The van der Waals surface area contributed by atoms with Crippen molar-refractivity contribution in [1.82, 2.24) is 9.62 Å². The molecule has 1 aliphatic heterocycles. The number of rotatable bonds is 8. The Morgan fingerprint density at radius 3 is 2.68 bits per heavy atom. The van der Waals surface area contributed by atoms with E-state index in [-0.39, 0.29) is 47.3 Å². The van der Waals surface area contributed by atoms with Crippen LogP contribution in [-0.4, -0.2) is 46.0 Å². The van der Waals surface area contributed by atoms with Gasteiger partial charge in [-0.1, -0.05) is 17.7 Å². The van der Waals surface area contributed by atoms with E-state index in [2.05, 4.69) is 4.72 Å². The molecule has 1 heterocycles. The van der Waals surface area contributed by atoms with Crippen LogP contribution in [0.25, 0.3) is 0 Å². The van der Waals surface area contributed by atoms with Crippen molar-refractivity contribution in [2.75, 3.05) is 26.8 Å². The van der Waals surface area contributed by atoms with Gasteiger partial charge in [0, 0.05) is 49.6 Å². The number of nitrogens with one attached hydrogen (secondary N) is 1. The lowest BCUT2D eigenvalue weighted by Crippen LogP contribution is -2.29. The molecule has 10 heteroatoms. The van der Waals surface area contributed by atoms with E-state index < -0.39 is 15.8 Å². The molecule has 0 aromatic heterocycles. The third-order valence-electron chi connectivity index (χ3n) is 4.77. The zero-order chi connectivity index (χ0) is 22.4. The Morgan fingerprint density at radius 1 is 1.19 bits per heavy atom. The molecule has 0 aliphatic carbocycles. The van der Waals surface area contributed by atoms with Crippen molar-refractivity contribution in [3.63, 3.8) is 0 Å². The summed E-state index contributed by atoms with van der Waals surface area (Å²) in [5.74, 6) is 0.188. The molecule has 3 rings (SSSR count). The van der Waals surface area contributed by atoms with Gasteiger partial charge in [0.15, 0.2) is 11.5 Å². The summed E-state index contributed by atoms with van der Waals surface area (Å²) in [6.07, 6.45) is 1.12. The number of halogens is 2. The lowest BCUT2D eigenvalue weighted by atomic mass is 10.2. The number of ether oxygens (including phenoxy) is 2. The molecule has 0 unspecified atom stereocenters. The molecule has 1 amide bonds. The zero-order valence-corrected chi connectivity index (χ0v) is 18.6. The van der Waals surface area contributed by atoms with Crippen LogP contribution in [-0.2, 0) is 21.4 Å². The molecule has 7 nitrogen and oxygen atoms in total. The van der Waals surface area contributed by atoms with Crippen molar-refractivity contribution < 1.29 is 27.1 Å². The minimum absolute atomic E-state index is 0.0350. The Hall–Kier alpha value is -2.36. The summed E-state index contributed by atoms with van der Waals surface area (Å²) in [7, 11) is -2.21. The molecular formula is C21H24ClFN2O5S. The van der Waals surface area contributed by atoms with Crippen molar-refractivity contribution in [2.45, 2.75) is 30.7 Å². The Kier molecular flexibility index (Phi) is 7.74. The summed E-state index contributed by atoms with van der Waals surface area (Å²) in [5.41, 5.74) is 0.245. The van der Waals surface area contributed by atoms with Gasteiger partial charge in [-0.2, -0.15) is 0 Å². The number of carbonyl (C=O) groups excluding carboxylic acids is 1. The van der Waals surface area contributed by atoms with E-state index in [0.717, 1.165) is 6.42 Å². The van der Waals surface area contributed by atoms with Crippen LogP contribution in [0.3, 0.4) is 0 Å². The largest absolute Gasteiger partial charge is 0.490 e. The number of benzene rings is 2. The van der Waals surface area contributed by atoms with Crippen LogP contribution in [0, 0.1) is 5.82 Å². The lowest BCUT2D eigenvalue weighted by molar-refractivity contribution is -0.130. The van der Waals surface area contributed by atoms with Crippen molar-refractivity contribution >= 4 is 27.5 Å². The third kappa shape index (κ3) is 6.09. The Bertz CT molecular complexity index is 1030. The smallest absolute Gasteiger partial charge is 0.240 e. The molecule has 1 aliphatic rings. The van der Waals surface area contributed by atoms with Crippen LogP contribution in [0.4, 0.5) is 4.39 Å². The Balaban J connectivity index is 1.50. The van der Waals surface area contributed by atoms with Crippen LogP contribution < -0.4 is 14.2 Å². The minimum Gasteiger partial charge on any atom is -0.490 e. The molecule has 31 heavy (non-hydrogen) atoms. The van der Waals surface area contributed by atoms with E-state index in [0.29, 0.717) is 24.7 Å². The van der Waals surface area contributed by atoms with Crippen LogP contribution in [0.15, 0.2) is 41.3 Å². The molecular weight excluding hydrogens is 447 g/mol. The highest BCUT2D eigenvalue weighted by atomic mass is 35.5. The molecule has 2 aromatic carbocycles. The summed E-state index contributed by atoms with van der Waals surface area (Å²) < 4.78 is 52.5. The number of hydrogen-bond acceptors (Lipinski definition) is 5. The molecule has 0 spiro atoms. The van der Waals surface area contributed by atoms with Gasteiger partial charge in [-0.15, -0.1) is 0 Å². The maximum absolute atomic E-state index is 13.9. The number of carbonyl (C=O) groups is 1. The molecule has 0 fully saturated rings. The van der Waals surface area contributed by atoms with E-state index in [4.69, 9.17) is 21.1 Å². The molecule has 2 aromatic rings. The van der Waals surface area contributed by atoms with Gasteiger partial charge in [-0.3, -0.25) is 4.79 Å². The van der Waals surface area contributed by atoms with Crippen LogP contribution >= 0.6 is 11.6 Å². The minimum atomic E-state index is -3.76. The monoisotopic (exact) mass is 470 g/mol. The van der Waals surface area contributed by atoms with E-state index >= 15 is 0 Å². The van der Waals surface area contributed by atoms with Gasteiger partial charge in [0.05, 0.1) is 18.1 Å². The summed E-state index contributed by atoms with van der Waals surface area (Å²) in [6, 6.07) is 8.80. The second-order valence-corrected chi connectivity index (χ2v) is 9.28. The van der Waals surface area contributed by atoms with Crippen LogP contribution in [0.1, 0.15) is 24.8 Å². The zero-order valence-electron chi connectivity index (χ0n) is 17.1. The quantitative estimate of drug-likeness (QED) is 0.598. The number of hydrogen-bond donors (Lipinski definition) is 1. The normalized spacial score (nSPS) is 13.5. The second kappa shape index (κ2) is 10.3. The van der Waals surface area contributed by atoms with Gasteiger partial charge in [-0.25, -0.2) is 17.5 Å². The fourth-order valence-corrected chi connectivity index (χ4v) is 4.35. The van der Waals surface area contributed by atoms with E-state index in [1.54, 1.807) is 19.2 Å². The van der Waals surface area contributed by atoms with E-state index in [1.807, 2.05) is 0 Å². The predicted octanol–water partition coefficient (Wildman–Crippen LogP) is 3.36. The predicted molar refractivity (Wildman–Crippen MR) is 114 cm³/mol.